The van der Waals surface area contributed by atoms with Gasteiger partial charge in [0, 0.05) is 23.8 Å². The molecule has 23 nitrogen and oxygen atoms in total. The third-order valence-corrected chi connectivity index (χ3v) is 11.4. The van der Waals surface area contributed by atoms with Crippen molar-refractivity contribution in [1.82, 2.24) is 0 Å². The molecule has 67 heavy (non-hydrogen) atoms. The minimum Gasteiger partial charge on any atom is -0.508 e. The highest BCUT2D eigenvalue weighted by Crippen LogP contribution is 2.40. The van der Waals surface area contributed by atoms with Crippen LogP contribution in [0.4, 0.5) is 0 Å². The average Bonchev–Trinajstić information content (AvgIpc) is 3.30. The first-order valence-corrected chi connectivity index (χ1v) is 20.6. The number of carbonyl (C=O) groups is 1. The molecule has 3 aromatic carbocycles. The normalized spacial score (nSPS) is 32.2. The monoisotopic (exact) mass is 946 g/mol. The number of rotatable bonds is 13. The fourth-order valence-corrected chi connectivity index (χ4v) is 7.55. The molecule has 3 saturated heterocycles. The van der Waals surface area contributed by atoms with Gasteiger partial charge in [0.2, 0.25) is 29.5 Å². The summed E-state index contributed by atoms with van der Waals surface area (Å²) in [6.07, 6.45) is -23.0. The quantitative estimate of drug-likeness (QED) is 0.0571. The van der Waals surface area contributed by atoms with Crippen molar-refractivity contribution in [3.63, 3.8) is 0 Å². The second-order valence-corrected chi connectivity index (χ2v) is 15.9. The van der Waals surface area contributed by atoms with Crippen molar-refractivity contribution in [3.8, 4) is 51.6 Å². The number of ether oxygens (including phenoxy) is 9. The number of phenols is 3. The van der Waals surface area contributed by atoms with Crippen LogP contribution < -0.4 is 24.4 Å². The number of hydrogen-bond donors (Lipinski definition) is 11. The first kappa shape index (κ1) is 49.1. The zero-order valence-electron chi connectivity index (χ0n) is 36.0. The van der Waals surface area contributed by atoms with Gasteiger partial charge in [-0.2, -0.15) is 0 Å². The Hall–Kier alpha value is -5.80. The Labute approximate surface area is 379 Å². The largest absolute Gasteiger partial charge is 0.508 e. The number of benzene rings is 3. The van der Waals surface area contributed by atoms with E-state index in [1.807, 2.05) is 0 Å². The Kier molecular flexibility index (Phi) is 14.8. The number of fused-ring (bicyclic) bond motifs is 1. The molecule has 23 heteroatoms. The van der Waals surface area contributed by atoms with E-state index in [-0.39, 0.29) is 39.9 Å². The van der Waals surface area contributed by atoms with Gasteiger partial charge in [0.1, 0.15) is 89.8 Å². The zero-order chi connectivity index (χ0) is 48.6. The van der Waals surface area contributed by atoms with Crippen molar-refractivity contribution in [1.29, 1.82) is 0 Å². The summed E-state index contributed by atoms with van der Waals surface area (Å²) >= 11 is 0. The molecule has 3 fully saturated rings. The van der Waals surface area contributed by atoms with E-state index in [0.29, 0.717) is 5.56 Å². The lowest BCUT2D eigenvalue weighted by Crippen LogP contribution is -2.64. The van der Waals surface area contributed by atoms with E-state index in [4.69, 9.17) is 47.0 Å². The van der Waals surface area contributed by atoms with Gasteiger partial charge in [-0.1, -0.05) is 0 Å². The fourth-order valence-electron chi connectivity index (χ4n) is 7.55. The maximum absolute atomic E-state index is 14.6. The highest BCUT2D eigenvalue weighted by atomic mass is 16.8. The van der Waals surface area contributed by atoms with Crippen LogP contribution in [0, 0.1) is 0 Å². The summed E-state index contributed by atoms with van der Waals surface area (Å²) in [5, 5.41) is 117. The molecule has 11 N–H and O–H groups in total. The smallest absolute Gasteiger partial charge is 0.330 e. The number of carbonyl (C=O) groups excluding carboxylic acids is 1. The second kappa shape index (κ2) is 20.2. The first-order valence-electron chi connectivity index (χ1n) is 20.6. The van der Waals surface area contributed by atoms with E-state index < -0.39 is 133 Å². The molecule has 0 amide bonds. The van der Waals surface area contributed by atoms with Crippen molar-refractivity contribution in [3.05, 3.63) is 70.4 Å². The molecule has 0 unspecified atom stereocenters. The van der Waals surface area contributed by atoms with Crippen LogP contribution in [0.5, 0.6) is 40.2 Å². The SMILES string of the molecule is COc1cc(C=CC(=O)OC[C@H]2O[C@@H](Oc3c(-c4ccc(O)cc4)oc4cc(O[C@@H]5O[C@@H](C)[C@H](O)[C@@H](O)[C@H]5O)cc(O)c4c3=O)[C@H](O[C@@H]3O[C@@H](C)[C@H](O)[C@@H](O)[C@H]3O)[C@@H](O)[C@@H]2O)cc(OC)c1O. The summed E-state index contributed by atoms with van der Waals surface area (Å²) in [6, 6.07) is 10.0. The summed E-state index contributed by atoms with van der Waals surface area (Å²) in [7, 11) is 2.62. The second-order valence-electron chi connectivity index (χ2n) is 15.9. The molecule has 1 aromatic heterocycles. The van der Waals surface area contributed by atoms with Crippen LogP contribution >= 0.6 is 0 Å². The molecule has 0 spiro atoms. The van der Waals surface area contributed by atoms with E-state index in [0.717, 1.165) is 18.2 Å². The molecule has 0 saturated carbocycles. The summed E-state index contributed by atoms with van der Waals surface area (Å²) in [5.41, 5.74) is -1.01. The molecule has 15 atom stereocenters. The first-order chi connectivity index (χ1) is 31.8. The van der Waals surface area contributed by atoms with E-state index in [1.54, 1.807) is 0 Å². The van der Waals surface area contributed by atoms with Crippen LogP contribution in [-0.4, -0.2) is 175 Å². The van der Waals surface area contributed by atoms with Crippen molar-refractivity contribution >= 4 is 23.0 Å². The van der Waals surface area contributed by atoms with Crippen LogP contribution in [0.25, 0.3) is 28.4 Å². The number of aromatic hydroxyl groups is 3. The number of aliphatic hydroxyl groups is 8. The molecule has 0 bridgehead atoms. The Morgan fingerprint density at radius 1 is 0.687 bits per heavy atom. The van der Waals surface area contributed by atoms with Crippen molar-refractivity contribution < 1.29 is 108 Å². The third-order valence-electron chi connectivity index (χ3n) is 11.4. The van der Waals surface area contributed by atoms with Crippen molar-refractivity contribution in [2.24, 2.45) is 0 Å². The van der Waals surface area contributed by atoms with Crippen molar-refractivity contribution in [2.75, 3.05) is 20.8 Å². The molecule has 4 aromatic rings. The molecule has 7 rings (SSSR count). The number of phenolic OH excluding ortho intramolecular Hbond substituents is 3. The van der Waals surface area contributed by atoms with Crippen LogP contribution in [0.15, 0.2) is 63.8 Å². The lowest BCUT2D eigenvalue weighted by atomic mass is 9.97. The van der Waals surface area contributed by atoms with E-state index in [9.17, 15) is 65.8 Å². The summed E-state index contributed by atoms with van der Waals surface area (Å²) in [6.45, 7) is 2.01. The van der Waals surface area contributed by atoms with Crippen LogP contribution in [-0.2, 0) is 28.5 Å². The lowest BCUT2D eigenvalue weighted by Gasteiger charge is -2.45. The van der Waals surface area contributed by atoms with Gasteiger partial charge in [0.05, 0.1) is 26.4 Å². The molecular weight excluding hydrogens is 896 g/mol. The summed E-state index contributed by atoms with van der Waals surface area (Å²) < 4.78 is 56.6. The maximum atomic E-state index is 14.6. The van der Waals surface area contributed by atoms with E-state index >= 15 is 0 Å². The van der Waals surface area contributed by atoms with Crippen LogP contribution in [0.2, 0.25) is 0 Å². The molecule has 364 valence electrons. The number of esters is 1. The van der Waals surface area contributed by atoms with Gasteiger partial charge in [0.25, 0.3) is 0 Å². The summed E-state index contributed by atoms with van der Waals surface area (Å²) in [4.78, 5) is 27.5. The van der Waals surface area contributed by atoms with Gasteiger partial charge in [-0.15, -0.1) is 0 Å². The van der Waals surface area contributed by atoms with Crippen molar-refractivity contribution in [2.45, 2.75) is 106 Å². The Morgan fingerprint density at radius 2 is 1.28 bits per heavy atom. The fraction of sp³-hybridized carbons (Fsp3) is 0.455. The van der Waals surface area contributed by atoms with Crippen LogP contribution in [0.3, 0.4) is 0 Å². The summed E-state index contributed by atoms with van der Waals surface area (Å²) in [5.74, 6) is -3.50. The van der Waals surface area contributed by atoms with E-state index in [2.05, 4.69) is 0 Å². The molecule has 0 radical (unpaired) electrons. The average molecular weight is 947 g/mol. The Balaban J connectivity index is 1.23. The third kappa shape index (κ3) is 10.1. The number of hydrogen-bond acceptors (Lipinski definition) is 23. The minimum atomic E-state index is -2.07. The van der Waals surface area contributed by atoms with Gasteiger partial charge in [-0.05, 0) is 61.9 Å². The van der Waals surface area contributed by atoms with Crippen LogP contribution in [0.1, 0.15) is 19.4 Å². The van der Waals surface area contributed by atoms with Gasteiger partial charge in [-0.25, -0.2) is 4.79 Å². The molecular formula is C44H50O23. The predicted molar refractivity (Wildman–Crippen MR) is 224 cm³/mol. The highest BCUT2D eigenvalue weighted by Gasteiger charge is 2.52. The Morgan fingerprint density at radius 3 is 1.90 bits per heavy atom. The number of methoxy groups -OCH3 is 2. The topological polar surface area (TPSA) is 353 Å². The molecule has 4 heterocycles. The molecule has 3 aliphatic heterocycles. The molecule has 3 aliphatic rings. The Bertz CT molecular complexity index is 2450. The van der Waals surface area contributed by atoms with Gasteiger partial charge in [0.15, 0.2) is 29.7 Å². The van der Waals surface area contributed by atoms with Gasteiger partial charge < -0.3 is 103 Å². The lowest BCUT2D eigenvalue weighted by molar-refractivity contribution is -0.354. The van der Waals surface area contributed by atoms with Gasteiger partial charge in [-0.3, -0.25) is 4.79 Å². The van der Waals surface area contributed by atoms with E-state index in [1.165, 1.54) is 70.5 Å². The standard InChI is InChI=1S/C44H50O23/c1-16-29(48)34(53)37(56)42(61-16)63-21-13-22(46)28-23(14-21)64-39(19-6-8-20(45)9-7-19)40(33(28)52)66-44-41(67-43-38(57)35(54)30(49)17(2)62-43)36(55)32(51)26(65-44)15-60-27(47)10-5-18-11-24(58-3)31(50)25(12-18)59-4/h5-14,16-17,26,29-30,32,34-38,41-46,48-51,53-57H,15H2,1-4H3/t16-,17-,26+,29-,30-,32+,34+,35+,36-,37+,38+,41+,42-,43-,44-/m0/s1. The number of aliphatic hydroxyl groups excluding tert-OH is 8. The highest BCUT2D eigenvalue weighted by molar-refractivity contribution is 5.89. The predicted octanol–water partition coefficient (Wildman–Crippen LogP) is -0.905. The maximum Gasteiger partial charge on any atom is 0.330 e. The molecule has 0 aliphatic carbocycles. The van der Waals surface area contributed by atoms with Gasteiger partial charge >= 0.3 is 5.97 Å². The zero-order valence-corrected chi connectivity index (χ0v) is 36.0. The minimum absolute atomic E-state index is 0.0427.